The average Bonchev–Trinajstić information content (AvgIpc) is 3.72. The summed E-state index contributed by atoms with van der Waals surface area (Å²) in [5, 5.41) is 2.28. The van der Waals surface area contributed by atoms with E-state index in [1.54, 1.807) is 0 Å². The molecule has 8 aromatic rings. The average molecular weight is 849 g/mol. The lowest BCUT2D eigenvalue weighted by Crippen LogP contribution is -2.62. The summed E-state index contributed by atoms with van der Waals surface area (Å²) in [6, 6.07) is 47.1. The fraction of sp³-hybridized carbons (Fsp3) is 0.311. The van der Waals surface area contributed by atoms with Crippen molar-refractivity contribution in [2.45, 2.75) is 124 Å². The van der Waals surface area contributed by atoms with Crippen molar-refractivity contribution in [2.24, 2.45) is 0 Å². The normalized spacial score (nSPS) is 18.0. The first-order chi connectivity index (χ1) is 30.7. The summed E-state index contributed by atoms with van der Waals surface area (Å²) in [5.74, 6) is 0. The molecule has 1 aromatic heterocycles. The minimum atomic E-state index is -0.222. The van der Waals surface area contributed by atoms with E-state index in [1.165, 1.54) is 94.9 Å². The molecule has 7 aromatic carbocycles. The number of fused-ring (bicyclic) bond motifs is 10. The van der Waals surface area contributed by atoms with Crippen molar-refractivity contribution in [3.63, 3.8) is 0 Å². The zero-order valence-electron chi connectivity index (χ0n) is 40.6. The smallest absolute Gasteiger partial charge is 0.252 e. The lowest BCUT2D eigenvalue weighted by Gasteiger charge is -2.48. The topological polar surface area (TPSA) is 19.6 Å². The van der Waals surface area contributed by atoms with Crippen molar-refractivity contribution >= 4 is 79.2 Å². The Labute approximate surface area is 386 Å². The molecular formula is C61H61BN2O. The highest BCUT2D eigenvalue weighted by molar-refractivity contribution is 7.00. The fourth-order valence-corrected chi connectivity index (χ4v) is 13.3. The molecule has 0 atom stereocenters. The van der Waals surface area contributed by atoms with E-state index in [0.29, 0.717) is 0 Å². The predicted octanol–water partition coefficient (Wildman–Crippen LogP) is 14.5. The molecule has 0 amide bonds. The van der Waals surface area contributed by atoms with Crippen LogP contribution >= 0.6 is 0 Å². The maximum Gasteiger partial charge on any atom is 0.252 e. The molecule has 0 unspecified atom stereocenters. The van der Waals surface area contributed by atoms with Crippen LogP contribution in [0.5, 0.6) is 0 Å². The molecule has 324 valence electrons. The van der Waals surface area contributed by atoms with E-state index < -0.39 is 0 Å². The Hall–Kier alpha value is -6.00. The van der Waals surface area contributed by atoms with E-state index >= 15 is 0 Å². The number of furan rings is 1. The second-order valence-electron chi connectivity index (χ2n) is 23.5. The van der Waals surface area contributed by atoms with Gasteiger partial charge in [0.15, 0.2) is 5.58 Å². The summed E-state index contributed by atoms with van der Waals surface area (Å²) in [5.41, 5.74) is 25.4. The van der Waals surface area contributed by atoms with Gasteiger partial charge >= 0.3 is 0 Å². The summed E-state index contributed by atoms with van der Waals surface area (Å²) in [7, 11) is 0. The maximum absolute atomic E-state index is 6.97. The van der Waals surface area contributed by atoms with Gasteiger partial charge in [-0.15, -0.1) is 0 Å². The van der Waals surface area contributed by atoms with Crippen LogP contribution in [0.15, 0.2) is 126 Å². The van der Waals surface area contributed by atoms with Gasteiger partial charge in [0.2, 0.25) is 0 Å². The highest BCUT2D eigenvalue weighted by atomic mass is 16.3. The predicted molar refractivity (Wildman–Crippen MR) is 277 cm³/mol. The van der Waals surface area contributed by atoms with Crippen LogP contribution in [0.25, 0.3) is 21.9 Å². The molecule has 2 aliphatic carbocycles. The Morgan fingerprint density at radius 1 is 0.492 bits per heavy atom. The molecule has 0 bridgehead atoms. The maximum atomic E-state index is 6.97. The van der Waals surface area contributed by atoms with Crippen LogP contribution in [0, 0.1) is 13.8 Å². The molecule has 0 spiro atoms. The summed E-state index contributed by atoms with van der Waals surface area (Å²) < 4.78 is 6.97. The molecule has 12 rings (SSSR count). The van der Waals surface area contributed by atoms with Gasteiger partial charge in [-0.1, -0.05) is 155 Å². The lowest BCUT2D eigenvalue weighted by molar-refractivity contribution is 0.403. The Balaban J connectivity index is 1.24. The van der Waals surface area contributed by atoms with E-state index in [2.05, 4.69) is 221 Å². The van der Waals surface area contributed by atoms with E-state index in [9.17, 15) is 0 Å². The molecular weight excluding hydrogens is 787 g/mol. The molecule has 0 saturated heterocycles. The number of hydrogen-bond donors (Lipinski definition) is 0. The number of anilines is 6. The van der Waals surface area contributed by atoms with Crippen LogP contribution in [0.3, 0.4) is 0 Å². The summed E-state index contributed by atoms with van der Waals surface area (Å²) >= 11 is 0. The Morgan fingerprint density at radius 3 is 1.66 bits per heavy atom. The Kier molecular flexibility index (Phi) is 8.02. The summed E-state index contributed by atoms with van der Waals surface area (Å²) in [4.78, 5) is 5.24. The number of rotatable bonds is 2. The second kappa shape index (κ2) is 12.9. The number of nitrogens with zero attached hydrogens (tertiary/aromatic N) is 2. The van der Waals surface area contributed by atoms with Crippen LogP contribution in [-0.2, 0) is 27.1 Å². The van der Waals surface area contributed by atoms with Crippen molar-refractivity contribution in [2.75, 3.05) is 9.80 Å². The molecule has 2 aliphatic heterocycles. The highest BCUT2D eigenvalue weighted by Gasteiger charge is 2.50. The standard InChI is InChI=1S/C61H61BN2O/c1-35-27-52-55-53(28-35)64(49-23-18-20-39-38-19-14-17-24-54(38)65-56(39)49)51-33-45-44(60(10,11)40-21-15-16-22-41(40)61(45,12)13)31-47(51)62(55)46-30-42-43(59(8,9)34-58(42,6)7)32-50(46)63(52)48-26-25-37(29-36(48)2)57(3,4)5/h14-33H,34H2,1-13H3. The van der Waals surface area contributed by atoms with Crippen LogP contribution in [-0.4, -0.2) is 6.71 Å². The van der Waals surface area contributed by atoms with Gasteiger partial charge in [0.25, 0.3) is 6.71 Å². The minimum absolute atomic E-state index is 0.00618. The number of para-hydroxylation sites is 2. The Bertz CT molecular complexity index is 3390. The van der Waals surface area contributed by atoms with Crippen LogP contribution in [0.2, 0.25) is 0 Å². The van der Waals surface area contributed by atoms with Crippen molar-refractivity contribution < 1.29 is 4.42 Å². The van der Waals surface area contributed by atoms with Crippen LogP contribution < -0.4 is 26.2 Å². The van der Waals surface area contributed by atoms with Gasteiger partial charge in [-0.2, -0.15) is 0 Å². The largest absolute Gasteiger partial charge is 0.454 e. The van der Waals surface area contributed by atoms with E-state index in [-0.39, 0.29) is 33.8 Å². The number of aryl methyl sites for hydroxylation is 2. The molecule has 0 fully saturated rings. The molecule has 4 heteroatoms. The van der Waals surface area contributed by atoms with Crippen molar-refractivity contribution in [3.8, 4) is 0 Å². The zero-order chi connectivity index (χ0) is 45.5. The number of hydrogen-bond acceptors (Lipinski definition) is 3. The van der Waals surface area contributed by atoms with Gasteiger partial charge in [-0.3, -0.25) is 0 Å². The summed E-state index contributed by atoms with van der Waals surface area (Å²) in [6.45, 7) is 31.2. The molecule has 3 nitrogen and oxygen atoms in total. The molecule has 0 radical (unpaired) electrons. The van der Waals surface area contributed by atoms with Gasteiger partial charge in [-0.05, 0) is 145 Å². The molecule has 4 aliphatic rings. The number of benzene rings is 7. The monoisotopic (exact) mass is 848 g/mol. The van der Waals surface area contributed by atoms with Crippen molar-refractivity contribution in [1.29, 1.82) is 0 Å². The quantitative estimate of drug-likeness (QED) is 0.162. The van der Waals surface area contributed by atoms with Gasteiger partial charge in [0.05, 0.1) is 5.69 Å². The summed E-state index contributed by atoms with van der Waals surface area (Å²) in [6.07, 6.45) is 1.11. The Morgan fingerprint density at radius 2 is 1.03 bits per heavy atom. The SMILES string of the molecule is Cc1cc2c3c(c1)N(c1cccc4c1oc1ccccc14)c1cc4c(cc1B3c1cc3c(cc1N2c1ccc(C(C)(C)C)cc1C)C(C)(C)CC3(C)C)C(C)(C)c1ccccc1C4(C)C. The van der Waals surface area contributed by atoms with Crippen molar-refractivity contribution in [1.82, 2.24) is 0 Å². The van der Waals surface area contributed by atoms with Gasteiger partial charge in [0, 0.05) is 50.0 Å². The minimum Gasteiger partial charge on any atom is -0.454 e. The molecule has 65 heavy (non-hydrogen) atoms. The molecule has 0 saturated carbocycles. The van der Waals surface area contributed by atoms with Gasteiger partial charge in [0.1, 0.15) is 5.58 Å². The zero-order valence-corrected chi connectivity index (χ0v) is 40.6. The van der Waals surface area contributed by atoms with Crippen LogP contribution in [0.1, 0.15) is 133 Å². The first-order valence-electron chi connectivity index (χ1n) is 23.9. The second-order valence-corrected chi connectivity index (χ2v) is 23.5. The third-order valence-corrected chi connectivity index (χ3v) is 16.4. The van der Waals surface area contributed by atoms with E-state index in [1.807, 2.05) is 0 Å². The lowest BCUT2D eigenvalue weighted by atomic mass is 9.32. The first-order valence-corrected chi connectivity index (χ1v) is 23.9. The van der Waals surface area contributed by atoms with Crippen LogP contribution in [0.4, 0.5) is 34.1 Å². The van der Waals surface area contributed by atoms with Crippen molar-refractivity contribution in [3.05, 3.63) is 171 Å². The highest BCUT2D eigenvalue weighted by Crippen LogP contribution is 2.56. The molecule has 3 heterocycles. The van der Waals surface area contributed by atoms with Gasteiger partial charge < -0.3 is 14.2 Å². The first kappa shape index (κ1) is 40.5. The van der Waals surface area contributed by atoms with E-state index in [0.717, 1.165) is 34.0 Å². The van der Waals surface area contributed by atoms with E-state index in [4.69, 9.17) is 4.42 Å². The fourth-order valence-electron chi connectivity index (χ4n) is 13.3. The molecule has 0 N–H and O–H groups in total. The third-order valence-electron chi connectivity index (χ3n) is 16.4. The van der Waals surface area contributed by atoms with Gasteiger partial charge in [-0.25, -0.2) is 0 Å². The third kappa shape index (κ3) is 5.43.